The van der Waals surface area contributed by atoms with Crippen LogP contribution in [0.1, 0.15) is 41.0 Å². The summed E-state index contributed by atoms with van der Waals surface area (Å²) in [7, 11) is 1.67. The van der Waals surface area contributed by atoms with Gasteiger partial charge in [-0.1, -0.05) is 19.1 Å². The zero-order valence-electron chi connectivity index (χ0n) is 21.5. The minimum absolute atomic E-state index is 0.0141. The van der Waals surface area contributed by atoms with Gasteiger partial charge in [0.15, 0.2) is 0 Å². The lowest BCUT2D eigenvalue weighted by molar-refractivity contribution is 0.0938. The Morgan fingerprint density at radius 1 is 0.919 bits per heavy atom. The minimum Gasteiger partial charge on any atom is -0.495 e. The van der Waals surface area contributed by atoms with Gasteiger partial charge in [0.25, 0.3) is 11.8 Å². The van der Waals surface area contributed by atoms with Crippen LogP contribution >= 0.6 is 0 Å². The number of hydrogen-bond acceptors (Lipinski definition) is 5. The SMILES string of the molecule is CCC(C)NC(=O)c1cc(NC(=O)c2ccc(F)cc2)ccc1N1CCN(c2ccccc2OC)CC1. The summed E-state index contributed by atoms with van der Waals surface area (Å²) in [6, 6.07) is 18.7. The number of rotatable bonds is 8. The van der Waals surface area contributed by atoms with E-state index in [1.807, 2.05) is 38.1 Å². The first-order valence-electron chi connectivity index (χ1n) is 12.5. The van der Waals surface area contributed by atoms with Crippen LogP contribution in [0.3, 0.4) is 0 Å². The molecular formula is C29H33FN4O3. The van der Waals surface area contributed by atoms with Crippen LogP contribution in [0.2, 0.25) is 0 Å². The topological polar surface area (TPSA) is 73.9 Å². The molecule has 7 nitrogen and oxygen atoms in total. The summed E-state index contributed by atoms with van der Waals surface area (Å²) in [5.74, 6) is -0.123. The summed E-state index contributed by atoms with van der Waals surface area (Å²) >= 11 is 0. The van der Waals surface area contributed by atoms with E-state index < -0.39 is 5.82 Å². The van der Waals surface area contributed by atoms with Crippen LogP contribution in [0, 0.1) is 5.82 Å². The second kappa shape index (κ2) is 11.8. The predicted octanol–water partition coefficient (Wildman–Crippen LogP) is 4.94. The number of carbonyl (C=O) groups excluding carboxylic acids is 2. The van der Waals surface area contributed by atoms with Crippen molar-refractivity contribution in [2.75, 3.05) is 48.4 Å². The molecule has 1 aliphatic rings. The fourth-order valence-corrected chi connectivity index (χ4v) is 4.36. The molecule has 1 aliphatic heterocycles. The van der Waals surface area contributed by atoms with Gasteiger partial charge in [-0.25, -0.2) is 4.39 Å². The average molecular weight is 505 g/mol. The van der Waals surface area contributed by atoms with Gasteiger partial charge < -0.3 is 25.2 Å². The number of methoxy groups -OCH3 is 1. The molecule has 1 unspecified atom stereocenters. The Morgan fingerprint density at radius 2 is 1.57 bits per heavy atom. The van der Waals surface area contributed by atoms with E-state index in [0.717, 1.165) is 49.7 Å². The molecule has 0 radical (unpaired) electrons. The van der Waals surface area contributed by atoms with Crippen LogP contribution in [0.5, 0.6) is 5.75 Å². The Morgan fingerprint density at radius 3 is 2.22 bits per heavy atom. The van der Waals surface area contributed by atoms with E-state index in [-0.39, 0.29) is 17.9 Å². The summed E-state index contributed by atoms with van der Waals surface area (Å²) in [5.41, 5.74) is 3.21. The number of amides is 2. The molecule has 1 heterocycles. The molecule has 1 fully saturated rings. The monoisotopic (exact) mass is 504 g/mol. The normalized spacial score (nSPS) is 14.2. The van der Waals surface area contributed by atoms with Gasteiger partial charge in [0.1, 0.15) is 11.6 Å². The van der Waals surface area contributed by atoms with Gasteiger partial charge in [-0.3, -0.25) is 9.59 Å². The average Bonchev–Trinajstić information content (AvgIpc) is 2.93. The van der Waals surface area contributed by atoms with E-state index in [9.17, 15) is 14.0 Å². The molecule has 2 amide bonds. The first kappa shape index (κ1) is 26.0. The number of carbonyl (C=O) groups is 2. The zero-order chi connectivity index (χ0) is 26.4. The van der Waals surface area contributed by atoms with Gasteiger partial charge in [0.2, 0.25) is 0 Å². The van der Waals surface area contributed by atoms with Crippen LogP contribution in [0.25, 0.3) is 0 Å². The smallest absolute Gasteiger partial charge is 0.255 e. The Kier molecular flexibility index (Phi) is 8.28. The standard InChI is InChI=1S/C29H33FN4O3/c1-4-20(2)31-29(36)24-19-23(32-28(35)21-9-11-22(30)12-10-21)13-14-25(24)33-15-17-34(18-16-33)26-7-5-6-8-27(26)37-3/h5-14,19-20H,4,15-18H2,1-3H3,(H,31,36)(H,32,35). The molecule has 1 saturated heterocycles. The highest BCUT2D eigenvalue weighted by Crippen LogP contribution is 2.31. The Balaban J connectivity index is 1.55. The van der Waals surface area contributed by atoms with Crippen molar-refractivity contribution < 1.29 is 18.7 Å². The highest BCUT2D eigenvalue weighted by atomic mass is 19.1. The molecule has 3 aromatic carbocycles. The van der Waals surface area contributed by atoms with Crippen molar-refractivity contribution in [1.82, 2.24) is 5.32 Å². The van der Waals surface area contributed by atoms with Gasteiger partial charge in [-0.15, -0.1) is 0 Å². The zero-order valence-corrected chi connectivity index (χ0v) is 21.5. The maximum atomic E-state index is 13.3. The third-order valence-corrected chi connectivity index (χ3v) is 6.64. The number of halogens is 1. The molecule has 0 bridgehead atoms. The molecule has 2 N–H and O–H groups in total. The minimum atomic E-state index is -0.407. The summed E-state index contributed by atoms with van der Waals surface area (Å²) in [6.07, 6.45) is 0.805. The second-order valence-corrected chi connectivity index (χ2v) is 9.12. The Labute approximate surface area is 217 Å². The van der Waals surface area contributed by atoms with E-state index >= 15 is 0 Å². The largest absolute Gasteiger partial charge is 0.495 e. The molecule has 3 aromatic rings. The van der Waals surface area contributed by atoms with E-state index in [2.05, 4.69) is 26.5 Å². The number of piperazine rings is 1. The van der Waals surface area contributed by atoms with Crippen molar-refractivity contribution in [3.63, 3.8) is 0 Å². The van der Waals surface area contributed by atoms with E-state index in [4.69, 9.17) is 4.74 Å². The van der Waals surface area contributed by atoms with Crippen LogP contribution < -0.4 is 25.2 Å². The lowest BCUT2D eigenvalue weighted by Crippen LogP contribution is -2.47. The van der Waals surface area contributed by atoms with E-state index in [1.54, 1.807) is 19.2 Å². The van der Waals surface area contributed by atoms with Crippen LogP contribution in [-0.4, -0.2) is 51.1 Å². The van der Waals surface area contributed by atoms with Crippen molar-refractivity contribution in [2.45, 2.75) is 26.3 Å². The van der Waals surface area contributed by atoms with Crippen molar-refractivity contribution in [1.29, 1.82) is 0 Å². The van der Waals surface area contributed by atoms with Gasteiger partial charge >= 0.3 is 0 Å². The molecule has 0 spiro atoms. The second-order valence-electron chi connectivity index (χ2n) is 9.12. The van der Waals surface area contributed by atoms with Crippen LogP contribution in [0.15, 0.2) is 66.7 Å². The number of para-hydroxylation sites is 2. The lowest BCUT2D eigenvalue weighted by Gasteiger charge is -2.38. The molecule has 8 heteroatoms. The van der Waals surface area contributed by atoms with Gasteiger partial charge in [0.05, 0.1) is 18.4 Å². The third-order valence-electron chi connectivity index (χ3n) is 6.64. The molecule has 37 heavy (non-hydrogen) atoms. The number of hydrogen-bond donors (Lipinski definition) is 2. The Bertz CT molecular complexity index is 1240. The first-order valence-corrected chi connectivity index (χ1v) is 12.5. The molecule has 0 aromatic heterocycles. The number of anilines is 3. The molecule has 4 rings (SSSR count). The summed E-state index contributed by atoms with van der Waals surface area (Å²) in [6.45, 7) is 6.98. The molecule has 194 valence electrons. The van der Waals surface area contributed by atoms with Crippen molar-refractivity contribution in [3.8, 4) is 5.75 Å². The third kappa shape index (κ3) is 6.20. The summed E-state index contributed by atoms with van der Waals surface area (Å²) in [5, 5.41) is 5.88. The molecule has 0 aliphatic carbocycles. The van der Waals surface area contributed by atoms with Crippen molar-refractivity contribution in [3.05, 3.63) is 83.7 Å². The van der Waals surface area contributed by atoms with Crippen LogP contribution in [0.4, 0.5) is 21.5 Å². The first-order chi connectivity index (χ1) is 17.9. The number of nitrogens with one attached hydrogen (secondary N) is 2. The maximum absolute atomic E-state index is 13.3. The number of nitrogens with zero attached hydrogens (tertiary/aromatic N) is 2. The molecule has 1 atom stereocenters. The van der Waals surface area contributed by atoms with E-state index in [1.165, 1.54) is 24.3 Å². The fourth-order valence-electron chi connectivity index (χ4n) is 4.36. The summed E-state index contributed by atoms with van der Waals surface area (Å²) in [4.78, 5) is 30.4. The highest BCUT2D eigenvalue weighted by Gasteiger charge is 2.24. The fraction of sp³-hybridized carbons (Fsp3) is 0.310. The van der Waals surface area contributed by atoms with Crippen LogP contribution in [-0.2, 0) is 0 Å². The van der Waals surface area contributed by atoms with Crippen molar-refractivity contribution in [2.24, 2.45) is 0 Å². The quantitative estimate of drug-likeness (QED) is 0.455. The van der Waals surface area contributed by atoms with Gasteiger partial charge in [-0.05, 0) is 67.9 Å². The maximum Gasteiger partial charge on any atom is 0.255 e. The van der Waals surface area contributed by atoms with Gasteiger partial charge in [-0.2, -0.15) is 0 Å². The molecule has 0 saturated carbocycles. The van der Waals surface area contributed by atoms with Gasteiger partial charge in [0, 0.05) is 49.2 Å². The van der Waals surface area contributed by atoms with Crippen molar-refractivity contribution >= 4 is 28.9 Å². The number of benzene rings is 3. The highest BCUT2D eigenvalue weighted by molar-refractivity contribution is 6.06. The van der Waals surface area contributed by atoms with E-state index in [0.29, 0.717) is 16.8 Å². The molecular weight excluding hydrogens is 471 g/mol. The lowest BCUT2D eigenvalue weighted by atomic mass is 10.1. The Hall–Kier alpha value is -4.07. The number of ether oxygens (including phenoxy) is 1. The predicted molar refractivity (Wildman–Crippen MR) is 145 cm³/mol. The summed E-state index contributed by atoms with van der Waals surface area (Å²) < 4.78 is 18.8.